The van der Waals surface area contributed by atoms with Gasteiger partial charge in [0.1, 0.15) is 0 Å². The van der Waals surface area contributed by atoms with Crippen LogP contribution in [0.3, 0.4) is 0 Å². The van der Waals surface area contributed by atoms with Crippen LogP contribution in [0.1, 0.15) is 77.6 Å². The van der Waals surface area contributed by atoms with E-state index in [9.17, 15) is 5.21 Å². The van der Waals surface area contributed by atoms with E-state index in [-0.39, 0.29) is 4.65 Å². The molecule has 0 N–H and O–H groups in total. The van der Waals surface area contributed by atoms with Crippen molar-refractivity contribution < 1.29 is 4.65 Å². The zero-order valence-corrected chi connectivity index (χ0v) is 11.9. The van der Waals surface area contributed by atoms with Gasteiger partial charge in [-0.25, -0.2) is 0 Å². The molecule has 2 nitrogen and oxygen atoms in total. The number of hydrogen-bond acceptors (Lipinski definition) is 1. The number of quaternary nitrogens is 1. The zero-order chi connectivity index (χ0) is 12.6. The van der Waals surface area contributed by atoms with Crippen molar-refractivity contribution in [2.24, 2.45) is 0 Å². The second-order valence-corrected chi connectivity index (χ2v) is 5.96. The summed E-state index contributed by atoms with van der Waals surface area (Å²) < 4.78 is 0.0355. The van der Waals surface area contributed by atoms with Gasteiger partial charge >= 0.3 is 0 Å². The van der Waals surface area contributed by atoms with Crippen molar-refractivity contribution in [3.8, 4) is 0 Å². The van der Waals surface area contributed by atoms with Crippen molar-refractivity contribution in [2.75, 3.05) is 13.6 Å². The standard InChI is InChI=1S/C15H31NO/c1-3-4-5-6-7-11-14-16(2,17)15-12-9-8-10-13-15/h15H,3-14H2,1-2H3. The molecular formula is C15H31NO. The summed E-state index contributed by atoms with van der Waals surface area (Å²) in [6.45, 7) is 3.09. The maximum Gasteiger partial charge on any atom is 0.0885 e. The van der Waals surface area contributed by atoms with Crippen molar-refractivity contribution in [3.63, 3.8) is 0 Å². The third-order valence-electron chi connectivity index (χ3n) is 4.30. The lowest BCUT2D eigenvalue weighted by Gasteiger charge is -2.47. The minimum atomic E-state index is 0.0355. The summed E-state index contributed by atoms with van der Waals surface area (Å²) in [4.78, 5) is 0. The van der Waals surface area contributed by atoms with Gasteiger partial charge in [0.2, 0.25) is 0 Å². The second kappa shape index (κ2) is 8.10. The van der Waals surface area contributed by atoms with Gasteiger partial charge in [0.05, 0.1) is 19.6 Å². The van der Waals surface area contributed by atoms with Gasteiger partial charge in [-0.3, -0.25) is 0 Å². The molecule has 1 rings (SSSR count). The highest BCUT2D eigenvalue weighted by Gasteiger charge is 2.25. The lowest BCUT2D eigenvalue weighted by Crippen LogP contribution is -2.48. The van der Waals surface area contributed by atoms with E-state index in [4.69, 9.17) is 0 Å². The van der Waals surface area contributed by atoms with Gasteiger partial charge < -0.3 is 9.85 Å². The highest BCUT2D eigenvalue weighted by Crippen LogP contribution is 2.26. The van der Waals surface area contributed by atoms with Gasteiger partial charge in [0.25, 0.3) is 0 Å². The number of hydrogen-bond donors (Lipinski definition) is 0. The minimum absolute atomic E-state index is 0.0355. The van der Waals surface area contributed by atoms with Crippen LogP contribution in [-0.2, 0) is 0 Å². The monoisotopic (exact) mass is 241 g/mol. The van der Waals surface area contributed by atoms with E-state index in [2.05, 4.69) is 6.92 Å². The zero-order valence-electron chi connectivity index (χ0n) is 11.9. The molecule has 0 aliphatic heterocycles. The predicted octanol–water partition coefficient (Wildman–Crippen LogP) is 4.62. The normalized spacial score (nSPS) is 21.4. The fraction of sp³-hybridized carbons (Fsp3) is 1.00. The first-order valence-electron chi connectivity index (χ1n) is 7.73. The molecule has 17 heavy (non-hydrogen) atoms. The van der Waals surface area contributed by atoms with Gasteiger partial charge in [-0.15, -0.1) is 0 Å². The van der Waals surface area contributed by atoms with Crippen LogP contribution in [0, 0.1) is 5.21 Å². The molecular weight excluding hydrogens is 210 g/mol. The third-order valence-corrected chi connectivity index (χ3v) is 4.30. The molecule has 0 bridgehead atoms. The highest BCUT2D eigenvalue weighted by molar-refractivity contribution is 4.67. The number of unbranched alkanes of at least 4 members (excludes halogenated alkanes) is 5. The molecule has 0 aromatic rings. The number of hydroxylamine groups is 3. The molecule has 1 saturated carbocycles. The van der Waals surface area contributed by atoms with Crippen LogP contribution in [0.2, 0.25) is 0 Å². The van der Waals surface area contributed by atoms with Crippen molar-refractivity contribution in [1.29, 1.82) is 0 Å². The Morgan fingerprint density at radius 3 is 2.18 bits per heavy atom. The summed E-state index contributed by atoms with van der Waals surface area (Å²) in [5.41, 5.74) is 0. The largest absolute Gasteiger partial charge is 0.633 e. The first-order valence-corrected chi connectivity index (χ1v) is 7.73. The first kappa shape index (κ1) is 15.0. The lowest BCUT2D eigenvalue weighted by molar-refractivity contribution is -0.888. The van der Waals surface area contributed by atoms with Crippen LogP contribution in [-0.4, -0.2) is 24.3 Å². The van der Waals surface area contributed by atoms with E-state index in [0.29, 0.717) is 6.04 Å². The molecule has 0 radical (unpaired) electrons. The van der Waals surface area contributed by atoms with E-state index in [0.717, 1.165) is 25.8 Å². The molecule has 0 aromatic heterocycles. The average Bonchev–Trinajstić information content (AvgIpc) is 2.35. The van der Waals surface area contributed by atoms with Crippen molar-refractivity contribution in [1.82, 2.24) is 0 Å². The second-order valence-electron chi connectivity index (χ2n) is 5.96. The van der Waals surface area contributed by atoms with Crippen molar-refractivity contribution >= 4 is 0 Å². The van der Waals surface area contributed by atoms with Crippen molar-refractivity contribution in [2.45, 2.75) is 83.6 Å². The van der Waals surface area contributed by atoms with Crippen LogP contribution in [0.4, 0.5) is 0 Å². The maximum absolute atomic E-state index is 12.5. The van der Waals surface area contributed by atoms with Gasteiger partial charge in [-0.2, -0.15) is 0 Å². The van der Waals surface area contributed by atoms with Crippen molar-refractivity contribution in [3.05, 3.63) is 5.21 Å². The van der Waals surface area contributed by atoms with E-state index < -0.39 is 0 Å². The van der Waals surface area contributed by atoms with Crippen LogP contribution in [0.5, 0.6) is 0 Å². The fourth-order valence-electron chi connectivity index (χ4n) is 3.02. The Morgan fingerprint density at radius 1 is 0.941 bits per heavy atom. The summed E-state index contributed by atoms with van der Waals surface area (Å²) in [7, 11) is 1.90. The quantitative estimate of drug-likeness (QED) is 0.345. The summed E-state index contributed by atoms with van der Waals surface area (Å²) in [5.74, 6) is 0. The Labute approximate surface area is 108 Å². The Morgan fingerprint density at radius 2 is 1.53 bits per heavy atom. The lowest BCUT2D eigenvalue weighted by atomic mass is 9.94. The van der Waals surface area contributed by atoms with Gasteiger partial charge in [-0.1, -0.05) is 39.0 Å². The average molecular weight is 241 g/mol. The van der Waals surface area contributed by atoms with Crippen LogP contribution in [0.25, 0.3) is 0 Å². The SMILES string of the molecule is CCCCCCCC[N+](C)([O-])C1CCCCC1. The molecule has 0 amide bonds. The summed E-state index contributed by atoms with van der Waals surface area (Å²) >= 11 is 0. The van der Waals surface area contributed by atoms with Gasteiger partial charge in [0.15, 0.2) is 0 Å². The molecule has 1 fully saturated rings. The number of rotatable bonds is 8. The molecule has 2 heteroatoms. The summed E-state index contributed by atoms with van der Waals surface area (Å²) in [6.07, 6.45) is 13.9. The predicted molar refractivity (Wildman–Crippen MR) is 74.7 cm³/mol. The molecule has 1 unspecified atom stereocenters. The van der Waals surface area contributed by atoms with Crippen LogP contribution >= 0.6 is 0 Å². The maximum atomic E-state index is 12.5. The smallest absolute Gasteiger partial charge is 0.0885 e. The third kappa shape index (κ3) is 5.87. The fourth-order valence-corrected chi connectivity index (χ4v) is 3.02. The van der Waals surface area contributed by atoms with Gasteiger partial charge in [0, 0.05) is 0 Å². The van der Waals surface area contributed by atoms with E-state index in [1.807, 2.05) is 7.05 Å². The Kier molecular flexibility index (Phi) is 7.14. The Balaban J connectivity index is 2.10. The van der Waals surface area contributed by atoms with E-state index >= 15 is 0 Å². The molecule has 1 aliphatic rings. The van der Waals surface area contributed by atoms with E-state index in [1.165, 1.54) is 51.4 Å². The highest BCUT2D eigenvalue weighted by atomic mass is 16.5. The Hall–Kier alpha value is -0.0800. The number of nitrogens with zero attached hydrogens (tertiary/aromatic N) is 1. The van der Waals surface area contributed by atoms with Crippen LogP contribution in [0.15, 0.2) is 0 Å². The Bertz CT molecular complexity index is 185. The molecule has 0 spiro atoms. The molecule has 0 heterocycles. The molecule has 1 aliphatic carbocycles. The summed E-state index contributed by atoms with van der Waals surface area (Å²) in [6, 6.07) is 0.402. The topological polar surface area (TPSA) is 23.1 Å². The van der Waals surface area contributed by atoms with Crippen LogP contribution < -0.4 is 0 Å². The first-order chi connectivity index (χ1) is 8.17. The molecule has 102 valence electrons. The summed E-state index contributed by atoms with van der Waals surface area (Å²) in [5, 5.41) is 12.5. The van der Waals surface area contributed by atoms with Gasteiger partial charge in [-0.05, 0) is 38.5 Å². The van der Waals surface area contributed by atoms with E-state index in [1.54, 1.807) is 0 Å². The molecule has 0 saturated heterocycles. The molecule has 0 aromatic carbocycles. The molecule has 1 atom stereocenters. The minimum Gasteiger partial charge on any atom is -0.633 e.